The Hall–Kier alpha value is -4.71. The number of fused-ring (bicyclic) bond motifs is 1. The number of benzene rings is 4. The number of likely N-dealkylation sites (N-methyl/N-ethyl adjacent to an activating group) is 1. The van der Waals surface area contributed by atoms with E-state index in [4.69, 9.17) is 9.47 Å². The Labute approximate surface area is 279 Å². The fourth-order valence-corrected chi connectivity index (χ4v) is 5.97. The molecule has 0 aliphatic carbocycles. The van der Waals surface area contributed by atoms with Crippen molar-refractivity contribution < 1.29 is 29.6 Å². The number of aliphatic hydroxyl groups is 2. The van der Waals surface area contributed by atoms with Crippen LogP contribution in [0.4, 0.5) is 0 Å². The van der Waals surface area contributed by atoms with Gasteiger partial charge >= 0.3 is 0 Å². The Bertz CT molecular complexity index is 1830. The van der Waals surface area contributed by atoms with Crippen LogP contribution in [0, 0.1) is 5.92 Å². The Morgan fingerprint density at radius 3 is 2.35 bits per heavy atom. The Kier molecular flexibility index (Phi) is 10.4. The van der Waals surface area contributed by atoms with E-state index in [1.54, 1.807) is 24.3 Å². The monoisotopic (exact) mass is 648 g/mol. The molecule has 1 saturated heterocycles. The summed E-state index contributed by atoms with van der Waals surface area (Å²) in [6.07, 6.45) is -0.484. The lowest BCUT2D eigenvalue weighted by Crippen LogP contribution is -2.44. The van der Waals surface area contributed by atoms with Crippen LogP contribution in [0.5, 0.6) is 5.75 Å². The van der Waals surface area contributed by atoms with Crippen molar-refractivity contribution >= 4 is 16.9 Å². The van der Waals surface area contributed by atoms with Crippen molar-refractivity contribution in [3.63, 3.8) is 0 Å². The summed E-state index contributed by atoms with van der Waals surface area (Å²) >= 11 is 0. The second-order valence-corrected chi connectivity index (χ2v) is 12.3. The van der Waals surface area contributed by atoms with Crippen molar-refractivity contribution in [1.82, 2.24) is 20.2 Å². The van der Waals surface area contributed by atoms with Crippen LogP contribution >= 0.6 is 0 Å². The van der Waals surface area contributed by atoms with E-state index in [9.17, 15) is 20.1 Å². The highest BCUT2D eigenvalue weighted by Crippen LogP contribution is 2.42. The minimum absolute atomic E-state index is 0.0331. The molecule has 5 atom stereocenters. The van der Waals surface area contributed by atoms with Gasteiger partial charge in [0.25, 0.3) is 5.91 Å². The number of aliphatic hydroxyl groups excluding tert-OH is 2. The highest BCUT2D eigenvalue weighted by Gasteiger charge is 2.39. The highest BCUT2D eigenvalue weighted by molar-refractivity contribution is 5.93. The normalized spacial score (nSPS) is 20.1. The number of phenols is 1. The standard InChI is InChI=1S/C38H40N4O6/c1-24-35(22-42(2)21-34(45)29-6-5-7-30(44)18-29)47-38(48-36(24)27-14-12-26(23-43)13-15-27)28-16-10-25(11-17-28)19-40-37(46)33-20-39-31-8-3-4-9-32(31)41-33/h3-18,20,24,34-36,38,43-45H,19,21-23H2,1-2H3,(H,40,46). The van der Waals surface area contributed by atoms with Gasteiger partial charge in [0.1, 0.15) is 11.4 Å². The van der Waals surface area contributed by atoms with E-state index in [0.717, 1.165) is 27.8 Å². The molecule has 1 fully saturated rings. The summed E-state index contributed by atoms with van der Waals surface area (Å²) in [5.74, 6) is -0.225. The van der Waals surface area contributed by atoms with E-state index in [1.165, 1.54) is 6.20 Å². The zero-order valence-electron chi connectivity index (χ0n) is 26.9. The summed E-state index contributed by atoms with van der Waals surface area (Å²) in [7, 11) is 1.93. The number of rotatable bonds is 11. The predicted octanol–water partition coefficient (Wildman–Crippen LogP) is 5.21. The maximum Gasteiger partial charge on any atom is 0.271 e. The number of nitrogens with zero attached hydrogens (tertiary/aromatic N) is 3. The van der Waals surface area contributed by atoms with Gasteiger partial charge in [-0.15, -0.1) is 0 Å². The number of aromatic hydroxyl groups is 1. The molecule has 0 bridgehead atoms. The zero-order valence-corrected chi connectivity index (χ0v) is 26.9. The average molecular weight is 649 g/mol. The van der Waals surface area contributed by atoms with E-state index in [1.807, 2.05) is 84.7 Å². The van der Waals surface area contributed by atoms with Crippen molar-refractivity contribution in [3.05, 3.63) is 137 Å². The van der Waals surface area contributed by atoms with Gasteiger partial charge in [0.15, 0.2) is 6.29 Å². The Balaban J connectivity index is 1.14. The lowest BCUT2D eigenvalue weighted by molar-refractivity contribution is -0.276. The molecular formula is C38H40N4O6. The van der Waals surface area contributed by atoms with Crippen LogP contribution in [0.15, 0.2) is 103 Å². The van der Waals surface area contributed by atoms with Crippen LogP contribution in [0.2, 0.25) is 0 Å². The molecule has 0 saturated carbocycles. The van der Waals surface area contributed by atoms with Crippen LogP contribution < -0.4 is 5.32 Å². The highest BCUT2D eigenvalue weighted by atomic mass is 16.7. The first-order valence-electron chi connectivity index (χ1n) is 16.0. The number of carbonyl (C=O) groups is 1. The Morgan fingerprint density at radius 2 is 1.62 bits per heavy atom. The molecule has 5 unspecified atom stereocenters. The molecular weight excluding hydrogens is 608 g/mol. The second kappa shape index (κ2) is 15.0. The first-order chi connectivity index (χ1) is 23.3. The molecule has 1 aromatic heterocycles. The molecule has 1 amide bonds. The minimum atomic E-state index is -0.781. The smallest absolute Gasteiger partial charge is 0.271 e. The molecule has 4 aromatic carbocycles. The van der Waals surface area contributed by atoms with Crippen molar-refractivity contribution in [1.29, 1.82) is 0 Å². The van der Waals surface area contributed by atoms with Gasteiger partial charge in [0.2, 0.25) is 0 Å². The number of nitrogens with one attached hydrogen (secondary N) is 1. The second-order valence-electron chi connectivity index (χ2n) is 12.3. The fraction of sp³-hybridized carbons (Fsp3) is 0.289. The average Bonchev–Trinajstić information content (AvgIpc) is 3.11. The third kappa shape index (κ3) is 7.87. The molecule has 0 spiro atoms. The van der Waals surface area contributed by atoms with Crippen LogP contribution in [0.25, 0.3) is 11.0 Å². The summed E-state index contributed by atoms with van der Waals surface area (Å²) in [6.45, 7) is 3.25. The third-order valence-corrected chi connectivity index (χ3v) is 8.74. The van der Waals surface area contributed by atoms with Gasteiger partial charge < -0.3 is 35.0 Å². The number of phenolic OH excluding ortho intramolecular Hbond substituents is 1. The van der Waals surface area contributed by atoms with Gasteiger partial charge in [0.05, 0.1) is 42.1 Å². The van der Waals surface area contributed by atoms with Crippen molar-refractivity contribution in [2.45, 2.75) is 44.7 Å². The fourth-order valence-electron chi connectivity index (χ4n) is 5.97. The van der Waals surface area contributed by atoms with E-state index in [2.05, 4.69) is 22.2 Å². The summed E-state index contributed by atoms with van der Waals surface area (Å²) in [5, 5.41) is 33.2. The summed E-state index contributed by atoms with van der Waals surface area (Å²) in [6, 6.07) is 29.6. The maximum absolute atomic E-state index is 12.8. The summed E-state index contributed by atoms with van der Waals surface area (Å²) in [5.41, 5.74) is 5.83. The van der Waals surface area contributed by atoms with Gasteiger partial charge in [-0.2, -0.15) is 0 Å². The van der Waals surface area contributed by atoms with Crippen molar-refractivity contribution in [3.8, 4) is 5.75 Å². The first kappa shape index (κ1) is 33.2. The quantitative estimate of drug-likeness (QED) is 0.152. The van der Waals surface area contributed by atoms with Crippen LogP contribution in [-0.2, 0) is 22.6 Å². The number of ether oxygens (including phenoxy) is 2. The molecule has 248 valence electrons. The number of carbonyl (C=O) groups excluding carboxylic acids is 1. The van der Waals surface area contributed by atoms with E-state index in [0.29, 0.717) is 30.7 Å². The molecule has 10 nitrogen and oxygen atoms in total. The van der Waals surface area contributed by atoms with E-state index in [-0.39, 0.29) is 42.1 Å². The summed E-state index contributed by atoms with van der Waals surface area (Å²) < 4.78 is 13.2. The van der Waals surface area contributed by atoms with E-state index < -0.39 is 12.4 Å². The molecule has 4 N–H and O–H groups in total. The minimum Gasteiger partial charge on any atom is -0.508 e. The largest absolute Gasteiger partial charge is 0.508 e. The topological polar surface area (TPSA) is 137 Å². The van der Waals surface area contributed by atoms with Gasteiger partial charge in [0, 0.05) is 31.1 Å². The van der Waals surface area contributed by atoms with Crippen LogP contribution in [0.3, 0.4) is 0 Å². The van der Waals surface area contributed by atoms with Gasteiger partial charge in [-0.05, 0) is 53.6 Å². The number of para-hydroxylation sites is 2. The van der Waals surface area contributed by atoms with Gasteiger partial charge in [-0.3, -0.25) is 9.78 Å². The molecule has 1 aliphatic rings. The molecule has 5 aromatic rings. The predicted molar refractivity (Wildman–Crippen MR) is 181 cm³/mol. The SMILES string of the molecule is CC1C(CN(C)CC(O)c2cccc(O)c2)OC(c2ccc(CNC(=O)c3cnc4ccccc4n3)cc2)OC1c1ccc(CO)cc1. The molecule has 2 heterocycles. The molecule has 48 heavy (non-hydrogen) atoms. The van der Waals surface area contributed by atoms with Gasteiger partial charge in [-0.1, -0.05) is 79.7 Å². The van der Waals surface area contributed by atoms with Crippen LogP contribution in [0.1, 0.15) is 63.7 Å². The number of amides is 1. The number of aromatic nitrogens is 2. The third-order valence-electron chi connectivity index (χ3n) is 8.74. The zero-order chi connectivity index (χ0) is 33.6. The first-order valence-corrected chi connectivity index (χ1v) is 16.0. The lowest BCUT2D eigenvalue weighted by Gasteiger charge is -2.42. The Morgan fingerprint density at radius 1 is 0.917 bits per heavy atom. The number of hydrogen-bond donors (Lipinski definition) is 4. The maximum atomic E-state index is 12.8. The number of hydrogen-bond acceptors (Lipinski definition) is 9. The van der Waals surface area contributed by atoms with Crippen LogP contribution in [-0.4, -0.2) is 62.3 Å². The van der Waals surface area contributed by atoms with Crippen molar-refractivity contribution in [2.75, 3.05) is 20.1 Å². The van der Waals surface area contributed by atoms with Gasteiger partial charge in [-0.25, -0.2) is 4.98 Å². The lowest BCUT2D eigenvalue weighted by atomic mass is 9.90. The molecule has 6 rings (SSSR count). The van der Waals surface area contributed by atoms with Crippen molar-refractivity contribution in [2.24, 2.45) is 5.92 Å². The molecule has 10 heteroatoms. The molecule has 0 radical (unpaired) electrons. The van der Waals surface area contributed by atoms with E-state index >= 15 is 0 Å². The summed E-state index contributed by atoms with van der Waals surface area (Å²) in [4.78, 5) is 23.6. The molecule has 1 aliphatic heterocycles.